The van der Waals surface area contributed by atoms with Gasteiger partial charge in [0.1, 0.15) is 0 Å². The predicted octanol–water partition coefficient (Wildman–Crippen LogP) is 4.93. The topological polar surface area (TPSA) is 12.0 Å². The Labute approximate surface area is 117 Å². The van der Waals surface area contributed by atoms with E-state index in [2.05, 4.69) is 68.6 Å². The molecule has 0 fully saturated rings. The van der Waals surface area contributed by atoms with E-state index in [9.17, 15) is 0 Å². The third kappa shape index (κ3) is 3.36. The van der Waals surface area contributed by atoms with E-state index in [0.29, 0.717) is 6.04 Å². The van der Waals surface area contributed by atoms with Gasteiger partial charge in [0, 0.05) is 6.04 Å². The summed E-state index contributed by atoms with van der Waals surface area (Å²) in [6.07, 6.45) is 2.51. The maximum atomic E-state index is 3.69. The largest absolute Gasteiger partial charge is 0.310 e. The smallest absolute Gasteiger partial charge is 0.0298 e. The van der Waals surface area contributed by atoms with Gasteiger partial charge in [0.15, 0.2) is 0 Å². The van der Waals surface area contributed by atoms with E-state index in [-0.39, 0.29) is 0 Å². The van der Waals surface area contributed by atoms with Crippen molar-refractivity contribution in [1.29, 1.82) is 0 Å². The normalized spacial score (nSPS) is 13.1. The van der Waals surface area contributed by atoms with Gasteiger partial charge in [-0.3, -0.25) is 0 Å². The van der Waals surface area contributed by atoms with Crippen LogP contribution < -0.4 is 5.32 Å². The maximum absolute atomic E-state index is 3.69. The standard InChI is InChI=1S/C18H25N/c1-4-15(5-2)13-19-14(3)17-12-8-10-16-9-6-7-11-18(16)17/h6-12,14-15,19H,4-5,13H2,1-3H3. The van der Waals surface area contributed by atoms with Crippen LogP contribution in [0.4, 0.5) is 0 Å². The van der Waals surface area contributed by atoms with Crippen LogP contribution in [-0.2, 0) is 0 Å². The van der Waals surface area contributed by atoms with E-state index < -0.39 is 0 Å². The summed E-state index contributed by atoms with van der Waals surface area (Å²) in [4.78, 5) is 0. The van der Waals surface area contributed by atoms with Crippen molar-refractivity contribution in [3.8, 4) is 0 Å². The highest BCUT2D eigenvalue weighted by molar-refractivity contribution is 5.86. The second-order valence-electron chi connectivity index (χ2n) is 5.38. The van der Waals surface area contributed by atoms with E-state index in [4.69, 9.17) is 0 Å². The second-order valence-corrected chi connectivity index (χ2v) is 5.38. The molecule has 1 atom stereocenters. The quantitative estimate of drug-likeness (QED) is 0.772. The lowest BCUT2D eigenvalue weighted by atomic mass is 9.98. The van der Waals surface area contributed by atoms with E-state index in [0.717, 1.165) is 12.5 Å². The molecule has 0 aliphatic carbocycles. The highest BCUT2D eigenvalue weighted by Crippen LogP contribution is 2.24. The summed E-state index contributed by atoms with van der Waals surface area (Å²) >= 11 is 0. The van der Waals surface area contributed by atoms with Crippen LogP contribution in [0.5, 0.6) is 0 Å². The molecule has 2 aromatic rings. The summed E-state index contributed by atoms with van der Waals surface area (Å²) in [6, 6.07) is 15.6. The molecule has 1 nitrogen and oxygen atoms in total. The number of nitrogens with one attached hydrogen (secondary N) is 1. The van der Waals surface area contributed by atoms with Crippen molar-refractivity contribution < 1.29 is 0 Å². The van der Waals surface area contributed by atoms with Crippen molar-refractivity contribution in [3.63, 3.8) is 0 Å². The Morgan fingerprint density at radius 2 is 1.63 bits per heavy atom. The van der Waals surface area contributed by atoms with Crippen LogP contribution in [-0.4, -0.2) is 6.54 Å². The van der Waals surface area contributed by atoms with Crippen molar-refractivity contribution >= 4 is 10.8 Å². The average molecular weight is 255 g/mol. The van der Waals surface area contributed by atoms with Gasteiger partial charge < -0.3 is 5.32 Å². The molecule has 2 rings (SSSR count). The molecule has 0 amide bonds. The number of hydrogen-bond donors (Lipinski definition) is 1. The van der Waals surface area contributed by atoms with Crippen LogP contribution in [0.2, 0.25) is 0 Å². The van der Waals surface area contributed by atoms with Crippen LogP contribution in [0.25, 0.3) is 10.8 Å². The number of rotatable bonds is 6. The molecule has 1 unspecified atom stereocenters. The van der Waals surface area contributed by atoms with Gasteiger partial charge >= 0.3 is 0 Å². The highest BCUT2D eigenvalue weighted by Gasteiger charge is 2.10. The Bertz CT molecular complexity index is 509. The summed E-state index contributed by atoms with van der Waals surface area (Å²) in [5.74, 6) is 0.789. The minimum absolute atomic E-state index is 0.409. The van der Waals surface area contributed by atoms with Crippen LogP contribution in [0.1, 0.15) is 45.2 Å². The van der Waals surface area contributed by atoms with E-state index >= 15 is 0 Å². The first-order chi connectivity index (χ1) is 9.26. The van der Waals surface area contributed by atoms with Crippen molar-refractivity contribution in [2.45, 2.75) is 39.7 Å². The number of fused-ring (bicyclic) bond motifs is 1. The molecule has 0 aromatic heterocycles. The van der Waals surface area contributed by atoms with E-state index in [1.165, 1.54) is 29.2 Å². The molecule has 19 heavy (non-hydrogen) atoms. The highest BCUT2D eigenvalue weighted by atomic mass is 14.9. The zero-order chi connectivity index (χ0) is 13.7. The molecule has 0 bridgehead atoms. The first-order valence-corrected chi connectivity index (χ1v) is 7.47. The monoisotopic (exact) mass is 255 g/mol. The molecule has 0 saturated heterocycles. The first kappa shape index (κ1) is 14.1. The molecule has 1 N–H and O–H groups in total. The molecule has 0 aliphatic heterocycles. The predicted molar refractivity (Wildman–Crippen MR) is 84.4 cm³/mol. The van der Waals surface area contributed by atoms with Gasteiger partial charge in [0.2, 0.25) is 0 Å². The lowest BCUT2D eigenvalue weighted by Gasteiger charge is -2.20. The second kappa shape index (κ2) is 6.72. The zero-order valence-corrected chi connectivity index (χ0v) is 12.3. The summed E-state index contributed by atoms with van der Waals surface area (Å²) in [5, 5.41) is 6.39. The van der Waals surface area contributed by atoms with E-state index in [1.807, 2.05) is 0 Å². The lowest BCUT2D eigenvalue weighted by Crippen LogP contribution is -2.25. The zero-order valence-electron chi connectivity index (χ0n) is 12.3. The Morgan fingerprint density at radius 3 is 2.37 bits per heavy atom. The molecular formula is C18H25N. The molecule has 0 heterocycles. The molecule has 0 saturated carbocycles. The maximum Gasteiger partial charge on any atom is 0.0298 e. The van der Waals surface area contributed by atoms with Gasteiger partial charge in [-0.05, 0) is 35.7 Å². The summed E-state index contributed by atoms with van der Waals surface area (Å²) in [5.41, 5.74) is 1.41. The molecule has 1 heteroatoms. The van der Waals surface area contributed by atoms with Gasteiger partial charge in [-0.2, -0.15) is 0 Å². The average Bonchev–Trinajstić information content (AvgIpc) is 2.47. The van der Waals surface area contributed by atoms with Gasteiger partial charge in [0.05, 0.1) is 0 Å². The van der Waals surface area contributed by atoms with Crippen molar-refractivity contribution in [2.75, 3.05) is 6.54 Å². The molecule has 0 spiro atoms. The van der Waals surface area contributed by atoms with Crippen molar-refractivity contribution in [2.24, 2.45) is 5.92 Å². The van der Waals surface area contributed by atoms with Crippen molar-refractivity contribution in [1.82, 2.24) is 5.32 Å². The van der Waals surface area contributed by atoms with E-state index in [1.54, 1.807) is 0 Å². The van der Waals surface area contributed by atoms with Crippen molar-refractivity contribution in [3.05, 3.63) is 48.0 Å². The Morgan fingerprint density at radius 1 is 0.947 bits per heavy atom. The minimum atomic E-state index is 0.409. The Balaban J connectivity index is 2.15. The van der Waals surface area contributed by atoms with Crippen LogP contribution in [0.15, 0.2) is 42.5 Å². The van der Waals surface area contributed by atoms with Gasteiger partial charge in [-0.15, -0.1) is 0 Å². The van der Waals surface area contributed by atoms with Crippen LogP contribution in [0.3, 0.4) is 0 Å². The molecule has 102 valence electrons. The summed E-state index contributed by atoms with van der Waals surface area (Å²) < 4.78 is 0. The number of hydrogen-bond acceptors (Lipinski definition) is 1. The first-order valence-electron chi connectivity index (χ1n) is 7.47. The fourth-order valence-corrected chi connectivity index (χ4v) is 2.66. The number of benzene rings is 2. The Hall–Kier alpha value is -1.34. The van der Waals surface area contributed by atoms with Crippen LogP contribution >= 0.6 is 0 Å². The molecule has 2 aromatic carbocycles. The third-order valence-corrected chi connectivity index (χ3v) is 4.16. The fourth-order valence-electron chi connectivity index (χ4n) is 2.66. The molecular weight excluding hydrogens is 230 g/mol. The SMILES string of the molecule is CCC(CC)CNC(C)c1cccc2ccccc12. The molecule has 0 radical (unpaired) electrons. The summed E-state index contributed by atoms with van der Waals surface area (Å²) in [6.45, 7) is 7.93. The van der Waals surface area contributed by atoms with Crippen LogP contribution in [0, 0.1) is 5.92 Å². The third-order valence-electron chi connectivity index (χ3n) is 4.16. The van der Waals surface area contributed by atoms with Gasteiger partial charge in [-0.25, -0.2) is 0 Å². The molecule has 0 aliphatic rings. The van der Waals surface area contributed by atoms with Gasteiger partial charge in [0.25, 0.3) is 0 Å². The Kier molecular flexibility index (Phi) is 4.98. The van der Waals surface area contributed by atoms with Gasteiger partial charge in [-0.1, -0.05) is 69.2 Å². The minimum Gasteiger partial charge on any atom is -0.310 e. The fraction of sp³-hybridized carbons (Fsp3) is 0.444. The summed E-state index contributed by atoms with van der Waals surface area (Å²) in [7, 11) is 0. The lowest BCUT2D eigenvalue weighted by molar-refractivity contribution is 0.423.